The number of nitro groups is 1. The Morgan fingerprint density at radius 1 is 1.36 bits per heavy atom. The summed E-state index contributed by atoms with van der Waals surface area (Å²) in [4.78, 5) is 28.6. The average Bonchev–Trinajstić information content (AvgIpc) is 2.39. The summed E-state index contributed by atoms with van der Waals surface area (Å²) in [5.41, 5.74) is -1.38. The van der Waals surface area contributed by atoms with Crippen LogP contribution < -0.4 is 4.74 Å². The smallest absolute Gasteiger partial charge is 0.470 e. The Kier molecular flexibility index (Phi) is 4.87. The van der Waals surface area contributed by atoms with E-state index >= 15 is 0 Å². The number of para-hydroxylation sites is 2. The third-order valence-corrected chi connectivity index (χ3v) is 4.38. The molecule has 2 atom stereocenters. The first-order chi connectivity index (χ1) is 10.2. The van der Waals surface area contributed by atoms with Gasteiger partial charge in [0.25, 0.3) is 0 Å². The maximum Gasteiger partial charge on any atom is 0.470 e. The molecule has 1 aromatic carbocycles. The Hall–Kier alpha value is -1.47. The highest BCUT2D eigenvalue weighted by atomic mass is 31.2. The number of phosphoric acid groups is 1. The molecule has 1 fully saturated rings. The molecular weight excluding hydrogens is 313 g/mol. The molecule has 0 amide bonds. The molecule has 22 heavy (non-hydrogen) atoms. The van der Waals surface area contributed by atoms with Crippen LogP contribution in [0.3, 0.4) is 0 Å². The van der Waals surface area contributed by atoms with Crippen molar-refractivity contribution < 1.29 is 28.5 Å². The minimum Gasteiger partial charge on any atom is -0.480 e. The molecular formula is C13H18NO7P. The highest BCUT2D eigenvalue weighted by Crippen LogP contribution is 2.47. The van der Waals surface area contributed by atoms with Crippen LogP contribution in [0.5, 0.6) is 5.75 Å². The van der Waals surface area contributed by atoms with Gasteiger partial charge >= 0.3 is 13.5 Å². The van der Waals surface area contributed by atoms with Crippen LogP contribution in [0.1, 0.15) is 32.6 Å². The molecule has 9 heteroatoms. The second-order valence-electron chi connectivity index (χ2n) is 5.47. The van der Waals surface area contributed by atoms with E-state index in [2.05, 4.69) is 0 Å². The van der Waals surface area contributed by atoms with Gasteiger partial charge in [-0.3, -0.25) is 14.6 Å². The number of nitrogens with zero attached hydrogens (tertiary/aromatic N) is 1. The van der Waals surface area contributed by atoms with Gasteiger partial charge in [-0.1, -0.05) is 18.6 Å². The van der Waals surface area contributed by atoms with Gasteiger partial charge in [-0.15, -0.1) is 0 Å². The molecule has 1 aliphatic carbocycles. The fourth-order valence-electron chi connectivity index (χ4n) is 2.69. The lowest BCUT2D eigenvalue weighted by Gasteiger charge is -2.40. The normalized spacial score (nSPS) is 25.7. The number of hydrogen-bond acceptors (Lipinski definition) is 5. The van der Waals surface area contributed by atoms with E-state index in [9.17, 15) is 14.7 Å². The molecule has 2 rings (SSSR count). The number of rotatable bonds is 5. The van der Waals surface area contributed by atoms with E-state index in [0.717, 1.165) is 12.8 Å². The number of phosphoric ester groups is 1. The first-order valence-electron chi connectivity index (χ1n) is 6.88. The van der Waals surface area contributed by atoms with Crippen molar-refractivity contribution in [3.63, 3.8) is 0 Å². The Morgan fingerprint density at radius 2 is 2.05 bits per heavy atom. The summed E-state index contributed by atoms with van der Waals surface area (Å²) in [6.45, 7) is 1.56. The van der Waals surface area contributed by atoms with Gasteiger partial charge in [0.05, 0.1) is 4.92 Å². The summed E-state index contributed by atoms with van der Waals surface area (Å²) in [5, 5.41) is 11.0. The molecule has 1 aliphatic rings. The molecule has 8 nitrogen and oxygen atoms in total. The molecule has 122 valence electrons. The third kappa shape index (κ3) is 4.04. The van der Waals surface area contributed by atoms with Crippen molar-refractivity contribution in [2.75, 3.05) is 0 Å². The summed E-state index contributed by atoms with van der Waals surface area (Å²) in [6.07, 6.45) is 1.78. The molecule has 2 N–H and O–H groups in total. The molecule has 2 unspecified atom stereocenters. The van der Waals surface area contributed by atoms with Crippen molar-refractivity contribution in [3.05, 3.63) is 34.4 Å². The van der Waals surface area contributed by atoms with E-state index in [1.807, 2.05) is 0 Å². The minimum absolute atomic E-state index is 0.0694. The summed E-state index contributed by atoms with van der Waals surface area (Å²) < 4.78 is 21.8. The highest BCUT2D eigenvalue weighted by molar-refractivity contribution is 7.46. The molecule has 0 bridgehead atoms. The number of benzene rings is 1. The summed E-state index contributed by atoms with van der Waals surface area (Å²) in [5.74, 6) is 0.0694. The molecule has 1 aromatic rings. The SMILES string of the molecule is CC1(OP(=O)(O)O)CCCCC1Oc1ccccc1[N+](=O)[O-]. The van der Waals surface area contributed by atoms with E-state index in [4.69, 9.17) is 19.0 Å². The maximum atomic E-state index is 11.2. The van der Waals surface area contributed by atoms with Gasteiger partial charge in [-0.25, -0.2) is 4.57 Å². The molecule has 0 aliphatic heterocycles. The Morgan fingerprint density at radius 3 is 2.68 bits per heavy atom. The van der Waals surface area contributed by atoms with Crippen molar-refractivity contribution in [2.45, 2.75) is 44.3 Å². The quantitative estimate of drug-likeness (QED) is 0.483. The van der Waals surface area contributed by atoms with Crippen LogP contribution in [0.25, 0.3) is 0 Å². The molecule has 0 heterocycles. The van der Waals surface area contributed by atoms with Crippen molar-refractivity contribution in [1.29, 1.82) is 0 Å². The monoisotopic (exact) mass is 331 g/mol. The van der Waals surface area contributed by atoms with Crippen LogP contribution >= 0.6 is 7.82 Å². The predicted octanol–water partition coefficient (Wildman–Crippen LogP) is 2.78. The lowest BCUT2D eigenvalue weighted by Crippen LogP contribution is -2.47. The molecule has 0 saturated heterocycles. The van der Waals surface area contributed by atoms with E-state index in [1.165, 1.54) is 18.2 Å². The van der Waals surface area contributed by atoms with Crippen LogP contribution in [0.15, 0.2) is 24.3 Å². The predicted molar refractivity (Wildman–Crippen MR) is 77.5 cm³/mol. The molecule has 0 spiro atoms. The highest BCUT2D eigenvalue weighted by Gasteiger charge is 2.44. The van der Waals surface area contributed by atoms with Crippen LogP contribution in [-0.2, 0) is 9.09 Å². The number of ether oxygens (including phenoxy) is 1. The van der Waals surface area contributed by atoms with E-state index in [0.29, 0.717) is 12.8 Å². The topological polar surface area (TPSA) is 119 Å². The lowest BCUT2D eigenvalue weighted by atomic mass is 9.83. The lowest BCUT2D eigenvalue weighted by molar-refractivity contribution is -0.386. The van der Waals surface area contributed by atoms with E-state index < -0.39 is 24.5 Å². The second-order valence-corrected chi connectivity index (χ2v) is 6.64. The Bertz CT molecular complexity index is 602. The summed E-state index contributed by atoms with van der Waals surface area (Å²) in [6, 6.07) is 5.91. The first-order valence-corrected chi connectivity index (χ1v) is 8.41. The van der Waals surface area contributed by atoms with Gasteiger partial charge in [-0.05, 0) is 32.3 Å². The van der Waals surface area contributed by atoms with Crippen molar-refractivity contribution in [3.8, 4) is 5.75 Å². The van der Waals surface area contributed by atoms with Crippen LogP contribution in [0.4, 0.5) is 5.69 Å². The summed E-state index contributed by atoms with van der Waals surface area (Å²) in [7, 11) is -4.69. The van der Waals surface area contributed by atoms with Gasteiger partial charge in [0.15, 0.2) is 5.75 Å². The molecule has 0 radical (unpaired) electrons. The van der Waals surface area contributed by atoms with Gasteiger partial charge in [0.2, 0.25) is 0 Å². The molecule has 0 aromatic heterocycles. The zero-order valence-electron chi connectivity index (χ0n) is 12.0. The largest absolute Gasteiger partial charge is 0.480 e. The number of hydrogen-bond donors (Lipinski definition) is 2. The van der Waals surface area contributed by atoms with E-state index in [1.54, 1.807) is 13.0 Å². The van der Waals surface area contributed by atoms with Gasteiger partial charge < -0.3 is 14.5 Å². The average molecular weight is 331 g/mol. The number of nitro benzene ring substituents is 1. The van der Waals surface area contributed by atoms with Gasteiger partial charge in [0.1, 0.15) is 11.7 Å². The van der Waals surface area contributed by atoms with Crippen molar-refractivity contribution >= 4 is 13.5 Å². The minimum atomic E-state index is -4.69. The van der Waals surface area contributed by atoms with Gasteiger partial charge in [-0.2, -0.15) is 0 Å². The zero-order chi connectivity index (χ0) is 16.4. The van der Waals surface area contributed by atoms with Crippen LogP contribution in [-0.4, -0.2) is 26.4 Å². The van der Waals surface area contributed by atoms with Crippen LogP contribution in [0.2, 0.25) is 0 Å². The second kappa shape index (κ2) is 6.34. The summed E-state index contributed by atoms with van der Waals surface area (Å²) >= 11 is 0. The fraction of sp³-hybridized carbons (Fsp3) is 0.538. The zero-order valence-corrected chi connectivity index (χ0v) is 12.9. The maximum absolute atomic E-state index is 11.2. The first kappa shape index (κ1) is 16.9. The Labute approximate surface area is 127 Å². The van der Waals surface area contributed by atoms with Crippen molar-refractivity contribution in [1.82, 2.24) is 0 Å². The Balaban J connectivity index is 2.26. The fourth-order valence-corrected chi connectivity index (χ4v) is 3.44. The third-order valence-electron chi connectivity index (χ3n) is 3.73. The van der Waals surface area contributed by atoms with Crippen LogP contribution in [0, 0.1) is 10.1 Å². The van der Waals surface area contributed by atoms with Gasteiger partial charge in [0, 0.05) is 6.07 Å². The van der Waals surface area contributed by atoms with E-state index in [-0.39, 0.29) is 11.4 Å². The van der Waals surface area contributed by atoms with Crippen molar-refractivity contribution in [2.24, 2.45) is 0 Å². The molecule has 1 saturated carbocycles. The standard InChI is InChI=1S/C13H18NO7P/c1-13(21-22(17,18)19)9-5-4-8-12(13)20-11-7-3-2-6-10(11)14(15)16/h2-3,6-7,12H,4-5,8-9H2,1H3,(H2,17,18,19).